The number of nitrogens with two attached hydrogens (primary N) is 3. The zero-order valence-electron chi connectivity index (χ0n) is 12.8. The molecule has 3 rings (SSSR count). The highest BCUT2D eigenvalue weighted by Crippen LogP contribution is 2.26. The number of benzene rings is 1. The summed E-state index contributed by atoms with van der Waals surface area (Å²) in [5, 5.41) is 3.93. The maximum Gasteiger partial charge on any atom is 0.233 e. The van der Waals surface area contributed by atoms with Crippen LogP contribution in [0.25, 0.3) is 0 Å². The Kier molecular flexibility index (Phi) is 4.91. The molecule has 7 N–H and O–H groups in total. The largest absolute Gasteiger partial charge is 0.368 e. The minimum atomic E-state index is -0.0294. The number of anilines is 4. The van der Waals surface area contributed by atoms with Crippen LogP contribution in [0.4, 0.5) is 23.5 Å². The average Bonchev–Trinajstić information content (AvgIpc) is 2.49. The number of nitrogen functional groups attached to an aromatic ring is 1. The van der Waals surface area contributed by atoms with Crippen molar-refractivity contribution in [2.75, 3.05) is 29.0 Å². The van der Waals surface area contributed by atoms with E-state index in [1.807, 2.05) is 4.90 Å². The van der Waals surface area contributed by atoms with Gasteiger partial charge in [-0.25, -0.2) is 0 Å². The summed E-state index contributed by atoms with van der Waals surface area (Å²) < 4.78 is 0. The van der Waals surface area contributed by atoms with Crippen molar-refractivity contribution in [1.82, 2.24) is 15.0 Å². The first-order valence-corrected chi connectivity index (χ1v) is 8.16. The molecule has 0 amide bonds. The molecule has 2 heterocycles. The summed E-state index contributed by atoms with van der Waals surface area (Å²) in [5.74, 6) is 0.856. The van der Waals surface area contributed by atoms with Crippen LogP contribution in [-0.4, -0.2) is 40.1 Å². The number of nitrogens with one attached hydrogen (secondary N) is 1. The summed E-state index contributed by atoms with van der Waals surface area (Å²) in [5.41, 5.74) is 18.5. The molecule has 1 aromatic carbocycles. The van der Waals surface area contributed by atoms with Crippen molar-refractivity contribution >= 4 is 46.7 Å². The van der Waals surface area contributed by atoms with E-state index in [2.05, 4.69) is 20.3 Å². The topological polar surface area (TPSA) is 132 Å². The third-order valence-corrected chi connectivity index (χ3v) is 4.35. The molecule has 0 spiro atoms. The molecule has 0 saturated carbocycles. The quantitative estimate of drug-likeness (QED) is 0.638. The second-order valence-electron chi connectivity index (χ2n) is 5.73. The van der Waals surface area contributed by atoms with Crippen molar-refractivity contribution < 1.29 is 0 Å². The van der Waals surface area contributed by atoms with E-state index in [1.165, 1.54) is 0 Å². The zero-order valence-corrected chi connectivity index (χ0v) is 14.3. The Morgan fingerprint density at radius 1 is 1.04 bits per heavy atom. The molecule has 1 aliphatic heterocycles. The van der Waals surface area contributed by atoms with Gasteiger partial charge in [-0.2, -0.15) is 15.0 Å². The maximum absolute atomic E-state index is 6.02. The molecule has 0 unspecified atom stereocenters. The fourth-order valence-electron chi connectivity index (χ4n) is 2.62. The van der Waals surface area contributed by atoms with E-state index in [1.54, 1.807) is 18.2 Å². The molecule has 1 fully saturated rings. The lowest BCUT2D eigenvalue weighted by atomic mass is 10.0. The first-order valence-electron chi connectivity index (χ1n) is 7.40. The van der Waals surface area contributed by atoms with Crippen LogP contribution in [0.3, 0.4) is 0 Å². The van der Waals surface area contributed by atoms with Gasteiger partial charge in [0.15, 0.2) is 0 Å². The fourth-order valence-corrected chi connectivity index (χ4v) is 2.92. The Labute approximate surface area is 149 Å². The molecule has 0 radical (unpaired) electrons. The van der Waals surface area contributed by atoms with Crippen molar-refractivity contribution in [3.8, 4) is 0 Å². The highest BCUT2D eigenvalue weighted by atomic mass is 35.5. The molecule has 2 aromatic rings. The zero-order chi connectivity index (χ0) is 17.3. The van der Waals surface area contributed by atoms with E-state index >= 15 is 0 Å². The average molecular weight is 369 g/mol. The number of piperidine rings is 1. The molecule has 1 saturated heterocycles. The van der Waals surface area contributed by atoms with Gasteiger partial charge in [0.1, 0.15) is 0 Å². The second kappa shape index (κ2) is 6.94. The number of hydrogen-bond acceptors (Lipinski definition) is 8. The molecular formula is C14H18Cl2N8. The molecule has 10 heteroatoms. The number of aromatic nitrogens is 3. The van der Waals surface area contributed by atoms with Gasteiger partial charge in [0.2, 0.25) is 17.8 Å². The van der Waals surface area contributed by atoms with Crippen LogP contribution in [0, 0.1) is 0 Å². The van der Waals surface area contributed by atoms with E-state index in [0.29, 0.717) is 40.7 Å². The monoisotopic (exact) mass is 368 g/mol. The van der Waals surface area contributed by atoms with Gasteiger partial charge in [0.25, 0.3) is 0 Å². The van der Waals surface area contributed by atoms with Gasteiger partial charge in [0.05, 0.1) is 10.0 Å². The molecule has 1 aliphatic rings. The van der Waals surface area contributed by atoms with Gasteiger partial charge in [-0.15, -0.1) is 0 Å². The SMILES string of the molecule is Nc1nc(Nc2ccc(Cl)c(Cl)c2)nc(N2C[C@H](N)C[C@@H](N)C2)n1. The smallest absolute Gasteiger partial charge is 0.233 e. The third kappa shape index (κ3) is 3.96. The molecule has 8 nitrogen and oxygen atoms in total. The van der Waals surface area contributed by atoms with Gasteiger partial charge in [-0.3, -0.25) is 0 Å². The lowest BCUT2D eigenvalue weighted by molar-refractivity contribution is 0.447. The molecular weight excluding hydrogens is 351 g/mol. The van der Waals surface area contributed by atoms with E-state index in [0.717, 1.165) is 6.42 Å². The van der Waals surface area contributed by atoms with E-state index < -0.39 is 0 Å². The summed E-state index contributed by atoms with van der Waals surface area (Å²) in [6.45, 7) is 1.23. The maximum atomic E-state index is 6.02. The molecule has 128 valence electrons. The molecule has 0 bridgehead atoms. The van der Waals surface area contributed by atoms with Crippen LogP contribution in [-0.2, 0) is 0 Å². The summed E-state index contributed by atoms with van der Waals surface area (Å²) >= 11 is 11.9. The van der Waals surface area contributed by atoms with Crippen molar-refractivity contribution in [2.45, 2.75) is 18.5 Å². The van der Waals surface area contributed by atoms with E-state index in [9.17, 15) is 0 Å². The Bertz CT molecular complexity index is 731. The van der Waals surface area contributed by atoms with Crippen LogP contribution >= 0.6 is 23.2 Å². The highest BCUT2D eigenvalue weighted by molar-refractivity contribution is 6.42. The van der Waals surface area contributed by atoms with Crippen molar-refractivity contribution in [3.63, 3.8) is 0 Å². The normalized spacial score (nSPS) is 20.9. The Morgan fingerprint density at radius 3 is 2.42 bits per heavy atom. The summed E-state index contributed by atoms with van der Waals surface area (Å²) in [6.07, 6.45) is 0.769. The van der Waals surface area contributed by atoms with Crippen LogP contribution < -0.4 is 27.4 Å². The molecule has 2 atom stereocenters. The first-order chi connectivity index (χ1) is 11.4. The predicted molar refractivity (Wildman–Crippen MR) is 96.8 cm³/mol. The number of hydrogen-bond donors (Lipinski definition) is 4. The van der Waals surface area contributed by atoms with Gasteiger partial charge in [0, 0.05) is 30.9 Å². The van der Waals surface area contributed by atoms with Crippen molar-refractivity contribution in [2.24, 2.45) is 11.5 Å². The van der Waals surface area contributed by atoms with E-state index in [4.69, 9.17) is 40.4 Å². The minimum absolute atomic E-state index is 0.0294. The predicted octanol–water partition coefficient (Wildman–Crippen LogP) is 1.37. The van der Waals surface area contributed by atoms with E-state index in [-0.39, 0.29) is 18.0 Å². The van der Waals surface area contributed by atoms with Crippen LogP contribution in [0.15, 0.2) is 18.2 Å². The third-order valence-electron chi connectivity index (χ3n) is 3.61. The summed E-state index contributed by atoms with van der Waals surface area (Å²) in [7, 11) is 0. The van der Waals surface area contributed by atoms with Crippen LogP contribution in [0.2, 0.25) is 10.0 Å². The van der Waals surface area contributed by atoms with Crippen molar-refractivity contribution in [1.29, 1.82) is 0 Å². The lowest BCUT2D eigenvalue weighted by Gasteiger charge is -2.34. The van der Waals surface area contributed by atoms with Gasteiger partial charge < -0.3 is 27.4 Å². The molecule has 0 aliphatic carbocycles. The number of rotatable bonds is 3. The van der Waals surface area contributed by atoms with Crippen LogP contribution in [0.1, 0.15) is 6.42 Å². The minimum Gasteiger partial charge on any atom is -0.368 e. The standard InChI is InChI=1S/C14H18Cl2N8/c15-10-2-1-9(4-11(10)16)20-13-21-12(19)22-14(23-13)24-5-7(17)3-8(18)6-24/h1-2,4,7-8H,3,5-6,17-18H2,(H3,19,20,21,22,23)/t7-,8-/m1/s1. The summed E-state index contributed by atoms with van der Waals surface area (Å²) in [4.78, 5) is 14.6. The van der Waals surface area contributed by atoms with Gasteiger partial charge in [-0.05, 0) is 24.6 Å². The lowest BCUT2D eigenvalue weighted by Crippen LogP contribution is -2.52. The highest BCUT2D eigenvalue weighted by Gasteiger charge is 2.25. The van der Waals surface area contributed by atoms with Gasteiger partial charge in [-0.1, -0.05) is 23.2 Å². The molecule has 1 aromatic heterocycles. The molecule has 24 heavy (non-hydrogen) atoms. The first kappa shape index (κ1) is 17.0. The number of nitrogens with zero attached hydrogens (tertiary/aromatic N) is 4. The van der Waals surface area contributed by atoms with Crippen molar-refractivity contribution in [3.05, 3.63) is 28.2 Å². The second-order valence-corrected chi connectivity index (χ2v) is 6.55. The summed E-state index contributed by atoms with van der Waals surface area (Å²) in [6, 6.07) is 5.06. The Balaban J connectivity index is 1.84. The Morgan fingerprint density at radius 2 is 1.75 bits per heavy atom. The van der Waals surface area contributed by atoms with Gasteiger partial charge >= 0.3 is 0 Å². The van der Waals surface area contributed by atoms with Crippen LogP contribution in [0.5, 0.6) is 0 Å². The Hall–Kier alpha value is -1.87. The fraction of sp³-hybridized carbons (Fsp3) is 0.357. The number of halogens is 2.